The first kappa shape index (κ1) is 10.8. The molecule has 1 aromatic rings. The van der Waals surface area contributed by atoms with Crippen LogP contribution in [-0.2, 0) is 6.42 Å². The minimum Gasteiger partial charge on any atom is -0.329 e. The van der Waals surface area contributed by atoms with Gasteiger partial charge in [0.1, 0.15) is 0 Å². The van der Waals surface area contributed by atoms with Crippen LogP contribution in [0.2, 0.25) is 0 Å². The highest BCUT2D eigenvalue weighted by Crippen LogP contribution is 2.43. The van der Waals surface area contributed by atoms with E-state index in [1.807, 2.05) is 12.1 Å². The highest BCUT2D eigenvalue weighted by atomic mass is 16.2. The van der Waals surface area contributed by atoms with Crippen LogP contribution in [-0.4, -0.2) is 16.8 Å². The molecule has 0 saturated heterocycles. The van der Waals surface area contributed by atoms with Gasteiger partial charge in [0.25, 0.3) is 5.91 Å². The van der Waals surface area contributed by atoms with Gasteiger partial charge in [-0.3, -0.25) is 4.79 Å². The van der Waals surface area contributed by atoms with E-state index >= 15 is 0 Å². The molecule has 0 spiro atoms. The average Bonchev–Trinajstić information content (AvgIpc) is 2.65. The fourth-order valence-electron chi connectivity index (χ4n) is 3.30. The number of aryl methyl sites for hydroxylation is 1. The maximum atomic E-state index is 12.5. The van der Waals surface area contributed by atoms with E-state index in [-0.39, 0.29) is 5.91 Å². The van der Waals surface area contributed by atoms with Crippen molar-refractivity contribution in [1.29, 1.82) is 0 Å². The SMILES string of the molecule is CCC(C)N1C(=O)c2cccc3c2C1CCC3. The standard InChI is InChI=1S/C15H19NO/c1-3-10(2)16-13-9-5-7-11-6-4-8-12(14(11)13)15(16)17/h4,6,8,10,13H,3,5,7,9H2,1-2H3. The zero-order chi connectivity index (χ0) is 12.0. The number of hydrogen-bond donors (Lipinski definition) is 0. The van der Waals surface area contributed by atoms with Crippen LogP contribution in [0.3, 0.4) is 0 Å². The number of carbonyl (C=O) groups is 1. The van der Waals surface area contributed by atoms with Gasteiger partial charge < -0.3 is 4.90 Å². The second kappa shape index (κ2) is 3.86. The van der Waals surface area contributed by atoms with Crippen LogP contribution >= 0.6 is 0 Å². The summed E-state index contributed by atoms with van der Waals surface area (Å²) in [5, 5.41) is 0. The third-order valence-corrected chi connectivity index (χ3v) is 4.32. The van der Waals surface area contributed by atoms with E-state index in [2.05, 4.69) is 24.8 Å². The first-order valence-corrected chi connectivity index (χ1v) is 6.68. The van der Waals surface area contributed by atoms with Crippen LogP contribution in [0.15, 0.2) is 18.2 Å². The Hall–Kier alpha value is -1.31. The maximum Gasteiger partial charge on any atom is 0.254 e. The normalized spacial score (nSPS) is 23.8. The molecule has 1 heterocycles. The lowest BCUT2D eigenvalue weighted by molar-refractivity contribution is 0.0623. The molecular weight excluding hydrogens is 210 g/mol. The molecule has 0 bridgehead atoms. The average molecular weight is 229 g/mol. The van der Waals surface area contributed by atoms with E-state index in [1.165, 1.54) is 17.5 Å². The molecule has 90 valence electrons. The van der Waals surface area contributed by atoms with Crippen molar-refractivity contribution in [1.82, 2.24) is 4.90 Å². The number of hydrogen-bond acceptors (Lipinski definition) is 1. The number of carbonyl (C=O) groups excluding carboxylic acids is 1. The second-order valence-corrected chi connectivity index (χ2v) is 5.26. The minimum atomic E-state index is 0.253. The zero-order valence-electron chi connectivity index (χ0n) is 10.6. The molecule has 2 aliphatic rings. The summed E-state index contributed by atoms with van der Waals surface area (Å²) in [4.78, 5) is 14.6. The summed E-state index contributed by atoms with van der Waals surface area (Å²) >= 11 is 0. The lowest BCUT2D eigenvalue weighted by atomic mass is 9.87. The smallest absolute Gasteiger partial charge is 0.254 e. The molecule has 0 radical (unpaired) electrons. The Balaban J connectivity index is 2.11. The fourth-order valence-corrected chi connectivity index (χ4v) is 3.30. The fraction of sp³-hybridized carbons (Fsp3) is 0.533. The Morgan fingerprint density at radius 1 is 1.47 bits per heavy atom. The molecule has 1 aliphatic carbocycles. The van der Waals surface area contributed by atoms with E-state index < -0.39 is 0 Å². The maximum absolute atomic E-state index is 12.5. The predicted octanol–water partition coefficient (Wildman–Crippen LogP) is 3.32. The molecule has 0 saturated carbocycles. The van der Waals surface area contributed by atoms with Gasteiger partial charge in [-0.2, -0.15) is 0 Å². The van der Waals surface area contributed by atoms with Crippen LogP contribution in [0.5, 0.6) is 0 Å². The van der Waals surface area contributed by atoms with Crippen molar-refractivity contribution in [2.75, 3.05) is 0 Å². The second-order valence-electron chi connectivity index (χ2n) is 5.26. The van der Waals surface area contributed by atoms with Crippen molar-refractivity contribution in [3.05, 3.63) is 34.9 Å². The van der Waals surface area contributed by atoms with Crippen molar-refractivity contribution >= 4 is 5.91 Å². The number of benzene rings is 1. The highest BCUT2D eigenvalue weighted by molar-refractivity contribution is 6.00. The molecule has 2 nitrogen and oxygen atoms in total. The molecule has 0 N–H and O–H groups in total. The lowest BCUT2D eigenvalue weighted by Crippen LogP contribution is -2.36. The quantitative estimate of drug-likeness (QED) is 0.761. The van der Waals surface area contributed by atoms with Crippen molar-refractivity contribution < 1.29 is 4.79 Å². The summed E-state index contributed by atoms with van der Waals surface area (Å²) in [5.41, 5.74) is 3.70. The minimum absolute atomic E-state index is 0.253. The summed E-state index contributed by atoms with van der Waals surface area (Å²) in [6.07, 6.45) is 4.52. The van der Waals surface area contributed by atoms with Gasteiger partial charge in [0.05, 0.1) is 6.04 Å². The lowest BCUT2D eigenvalue weighted by Gasteiger charge is -2.33. The van der Waals surface area contributed by atoms with Crippen LogP contribution in [0.4, 0.5) is 0 Å². The van der Waals surface area contributed by atoms with Gasteiger partial charge in [-0.05, 0) is 49.8 Å². The van der Waals surface area contributed by atoms with Crippen LogP contribution in [0, 0.1) is 0 Å². The summed E-state index contributed by atoms with van der Waals surface area (Å²) in [6, 6.07) is 6.94. The zero-order valence-corrected chi connectivity index (χ0v) is 10.6. The Kier molecular flexibility index (Phi) is 2.46. The van der Waals surface area contributed by atoms with Crippen molar-refractivity contribution in [2.24, 2.45) is 0 Å². The molecule has 2 atom stereocenters. The molecule has 1 aromatic carbocycles. The Bertz CT molecular complexity index is 466. The molecule has 1 aliphatic heterocycles. The van der Waals surface area contributed by atoms with Gasteiger partial charge in [0.15, 0.2) is 0 Å². The van der Waals surface area contributed by atoms with Gasteiger partial charge in [0, 0.05) is 11.6 Å². The van der Waals surface area contributed by atoms with Crippen molar-refractivity contribution in [2.45, 2.75) is 51.6 Å². The molecule has 2 unspecified atom stereocenters. The largest absolute Gasteiger partial charge is 0.329 e. The number of rotatable bonds is 2. The van der Waals surface area contributed by atoms with Crippen LogP contribution in [0.25, 0.3) is 0 Å². The van der Waals surface area contributed by atoms with E-state index in [1.54, 1.807) is 0 Å². The van der Waals surface area contributed by atoms with Gasteiger partial charge in [0.2, 0.25) is 0 Å². The first-order valence-electron chi connectivity index (χ1n) is 6.68. The molecule has 3 rings (SSSR count). The Labute approximate surface area is 103 Å². The highest BCUT2D eigenvalue weighted by Gasteiger charge is 2.41. The van der Waals surface area contributed by atoms with Gasteiger partial charge in [-0.25, -0.2) is 0 Å². The summed E-state index contributed by atoms with van der Waals surface area (Å²) < 4.78 is 0. The molecule has 1 amide bonds. The summed E-state index contributed by atoms with van der Waals surface area (Å²) in [5.74, 6) is 0.253. The predicted molar refractivity (Wildman–Crippen MR) is 68.0 cm³/mol. The number of nitrogens with zero attached hydrogens (tertiary/aromatic N) is 1. The van der Waals surface area contributed by atoms with E-state index in [0.29, 0.717) is 12.1 Å². The topological polar surface area (TPSA) is 20.3 Å². The van der Waals surface area contributed by atoms with E-state index in [9.17, 15) is 4.79 Å². The molecule has 0 aromatic heterocycles. The molecular formula is C15H19NO. The van der Waals surface area contributed by atoms with Crippen LogP contribution in [0.1, 0.15) is 60.6 Å². The first-order chi connectivity index (χ1) is 8.24. The molecule has 2 heteroatoms. The number of amides is 1. The van der Waals surface area contributed by atoms with Gasteiger partial charge >= 0.3 is 0 Å². The third kappa shape index (κ3) is 1.43. The van der Waals surface area contributed by atoms with E-state index in [4.69, 9.17) is 0 Å². The monoisotopic (exact) mass is 229 g/mol. The summed E-state index contributed by atoms with van der Waals surface area (Å²) in [6.45, 7) is 4.32. The van der Waals surface area contributed by atoms with Crippen molar-refractivity contribution in [3.63, 3.8) is 0 Å². The Morgan fingerprint density at radius 3 is 3.06 bits per heavy atom. The van der Waals surface area contributed by atoms with Crippen LogP contribution < -0.4 is 0 Å². The van der Waals surface area contributed by atoms with Gasteiger partial charge in [-0.15, -0.1) is 0 Å². The van der Waals surface area contributed by atoms with Crippen molar-refractivity contribution in [3.8, 4) is 0 Å². The Morgan fingerprint density at radius 2 is 2.29 bits per heavy atom. The molecule has 17 heavy (non-hydrogen) atoms. The molecule has 0 fully saturated rings. The third-order valence-electron chi connectivity index (χ3n) is 4.32. The summed E-state index contributed by atoms with van der Waals surface area (Å²) in [7, 11) is 0. The van der Waals surface area contributed by atoms with Gasteiger partial charge in [-0.1, -0.05) is 19.1 Å². The van der Waals surface area contributed by atoms with E-state index in [0.717, 1.165) is 24.8 Å².